The summed E-state index contributed by atoms with van der Waals surface area (Å²) >= 11 is 6.46. The van der Waals surface area contributed by atoms with E-state index in [0.717, 1.165) is 12.1 Å². The van der Waals surface area contributed by atoms with E-state index < -0.39 is 0 Å². The normalized spacial score (nSPS) is 13.2. The van der Waals surface area contributed by atoms with Crippen LogP contribution in [0.2, 0.25) is 5.02 Å². The summed E-state index contributed by atoms with van der Waals surface area (Å²) in [5.41, 5.74) is 9.02. The van der Waals surface area contributed by atoms with E-state index >= 15 is 0 Å². The van der Waals surface area contributed by atoms with Crippen LogP contribution in [-0.4, -0.2) is 47.4 Å². The van der Waals surface area contributed by atoms with Crippen LogP contribution in [-0.2, 0) is 0 Å². The quantitative estimate of drug-likeness (QED) is 0.310. The zero-order valence-corrected chi connectivity index (χ0v) is 19.1. The SMILES string of the molecule is C=C/C=C(\N=C(/N)NCC(C)(C)CN(C)C)c1c(-c2ccccc2Cl)nc2occn12. The molecule has 1 aromatic carbocycles. The number of aliphatic imine (C=N–C) groups is 1. The summed E-state index contributed by atoms with van der Waals surface area (Å²) in [6.45, 7) is 9.77. The Morgan fingerprint density at radius 2 is 2.13 bits per heavy atom. The fraction of sp³-hybridized carbons (Fsp3) is 0.304. The molecule has 2 aromatic heterocycles. The topological polar surface area (TPSA) is 84.1 Å². The lowest BCUT2D eigenvalue weighted by Crippen LogP contribution is -2.42. The lowest BCUT2D eigenvalue weighted by Gasteiger charge is -2.28. The Balaban J connectivity index is 2.00. The minimum absolute atomic E-state index is 0.0170. The van der Waals surface area contributed by atoms with Crippen LogP contribution in [0.5, 0.6) is 0 Å². The number of imidazole rings is 1. The number of benzene rings is 1. The molecule has 3 rings (SSSR count). The molecule has 0 aliphatic rings. The van der Waals surface area contributed by atoms with Crippen LogP contribution in [0.1, 0.15) is 19.5 Å². The van der Waals surface area contributed by atoms with Crippen LogP contribution in [0.15, 0.2) is 64.9 Å². The van der Waals surface area contributed by atoms with E-state index in [9.17, 15) is 0 Å². The van der Waals surface area contributed by atoms with E-state index in [-0.39, 0.29) is 5.41 Å². The van der Waals surface area contributed by atoms with Crippen molar-refractivity contribution in [3.8, 4) is 11.3 Å². The highest BCUT2D eigenvalue weighted by atomic mass is 35.5. The van der Waals surface area contributed by atoms with Gasteiger partial charge in [-0.25, -0.2) is 4.99 Å². The van der Waals surface area contributed by atoms with Crippen molar-refractivity contribution in [1.82, 2.24) is 19.6 Å². The fourth-order valence-electron chi connectivity index (χ4n) is 3.56. The number of fused-ring (bicyclic) bond motifs is 1. The first-order valence-electron chi connectivity index (χ1n) is 9.98. The maximum atomic E-state index is 6.46. The van der Waals surface area contributed by atoms with Gasteiger partial charge in [-0.2, -0.15) is 4.98 Å². The Labute approximate surface area is 187 Å². The highest BCUT2D eigenvalue weighted by Crippen LogP contribution is 2.34. The molecule has 0 saturated carbocycles. The third-order valence-electron chi connectivity index (χ3n) is 4.64. The lowest BCUT2D eigenvalue weighted by atomic mass is 9.93. The molecule has 0 fully saturated rings. The van der Waals surface area contributed by atoms with Crippen molar-refractivity contribution in [3.05, 3.63) is 66.2 Å². The number of nitrogens with two attached hydrogens (primary N) is 1. The Morgan fingerprint density at radius 1 is 1.39 bits per heavy atom. The maximum absolute atomic E-state index is 6.46. The molecular weight excluding hydrogens is 412 g/mol. The standard InChI is InChI=1S/C23H29ClN6O/c1-6-9-18(27-21(25)26-14-23(2,3)15-29(4)5)20-19(16-10-7-8-11-17(16)24)28-22-30(20)12-13-31-22/h6-13H,1,14-15H2,2-5H3,(H3,25,26,27)/b18-9-. The van der Waals surface area contributed by atoms with Gasteiger partial charge in [0.25, 0.3) is 0 Å². The van der Waals surface area contributed by atoms with Gasteiger partial charge >= 0.3 is 5.84 Å². The summed E-state index contributed by atoms with van der Waals surface area (Å²) < 4.78 is 7.34. The van der Waals surface area contributed by atoms with Crippen LogP contribution in [0, 0.1) is 5.41 Å². The molecule has 0 unspecified atom stereocenters. The lowest BCUT2D eigenvalue weighted by molar-refractivity contribution is 0.241. The van der Waals surface area contributed by atoms with Crippen molar-refractivity contribution >= 4 is 29.1 Å². The highest BCUT2D eigenvalue weighted by molar-refractivity contribution is 6.33. The second-order valence-corrected chi connectivity index (χ2v) is 8.79. The van der Waals surface area contributed by atoms with Gasteiger partial charge in [0.15, 0.2) is 5.96 Å². The molecule has 7 nitrogen and oxygen atoms in total. The fourth-order valence-corrected chi connectivity index (χ4v) is 3.79. The Hall–Kier alpha value is -3.03. The predicted octanol–water partition coefficient (Wildman–Crippen LogP) is 4.27. The van der Waals surface area contributed by atoms with Gasteiger partial charge in [-0.15, -0.1) is 0 Å². The Morgan fingerprint density at radius 3 is 2.81 bits per heavy atom. The van der Waals surface area contributed by atoms with Gasteiger partial charge < -0.3 is 20.4 Å². The molecule has 3 N–H and O–H groups in total. The molecule has 0 spiro atoms. The molecule has 164 valence electrons. The number of hydrogen-bond donors (Lipinski definition) is 2. The molecule has 0 amide bonds. The number of hydrogen-bond acceptors (Lipinski definition) is 4. The largest absolute Gasteiger partial charge is 0.432 e. The summed E-state index contributed by atoms with van der Waals surface area (Å²) in [5.74, 6) is 0.747. The summed E-state index contributed by atoms with van der Waals surface area (Å²) in [5, 5.41) is 3.82. The van der Waals surface area contributed by atoms with Gasteiger partial charge in [-0.05, 0) is 31.7 Å². The van der Waals surface area contributed by atoms with Gasteiger partial charge in [0.1, 0.15) is 17.7 Å². The average Bonchev–Trinajstić information content (AvgIpc) is 3.27. The number of guanidine groups is 1. The van der Waals surface area contributed by atoms with Gasteiger partial charge in [-0.1, -0.05) is 56.3 Å². The molecule has 0 bridgehead atoms. The van der Waals surface area contributed by atoms with Crippen LogP contribution in [0.4, 0.5) is 0 Å². The summed E-state index contributed by atoms with van der Waals surface area (Å²) in [6.07, 6.45) is 6.81. The second-order valence-electron chi connectivity index (χ2n) is 8.38. The highest BCUT2D eigenvalue weighted by Gasteiger charge is 2.22. The van der Waals surface area contributed by atoms with E-state index in [1.54, 1.807) is 24.6 Å². The summed E-state index contributed by atoms with van der Waals surface area (Å²) in [6, 6.07) is 7.52. The van der Waals surface area contributed by atoms with E-state index in [2.05, 4.69) is 54.7 Å². The molecule has 0 aliphatic carbocycles. The van der Waals surface area contributed by atoms with Gasteiger partial charge in [-0.3, -0.25) is 4.40 Å². The third kappa shape index (κ3) is 5.37. The van der Waals surface area contributed by atoms with Crippen LogP contribution >= 0.6 is 11.6 Å². The zero-order chi connectivity index (χ0) is 22.6. The van der Waals surface area contributed by atoms with Gasteiger partial charge in [0.2, 0.25) is 0 Å². The van der Waals surface area contributed by atoms with Crippen molar-refractivity contribution < 1.29 is 4.42 Å². The monoisotopic (exact) mass is 440 g/mol. The smallest absolute Gasteiger partial charge is 0.306 e. The summed E-state index contributed by atoms with van der Waals surface area (Å²) in [7, 11) is 4.10. The van der Waals surface area contributed by atoms with Crippen LogP contribution in [0.3, 0.4) is 0 Å². The molecule has 8 heteroatoms. The molecular formula is C23H29ClN6O. The van der Waals surface area contributed by atoms with Gasteiger partial charge in [0, 0.05) is 24.8 Å². The number of nitrogens with one attached hydrogen (secondary N) is 1. The van der Waals surface area contributed by atoms with Crippen molar-refractivity contribution in [2.75, 3.05) is 27.2 Å². The first-order chi connectivity index (χ1) is 14.7. The molecule has 3 aromatic rings. The van der Waals surface area contributed by atoms with E-state index in [0.29, 0.717) is 40.5 Å². The first kappa shape index (κ1) is 22.7. The number of rotatable bonds is 8. The minimum atomic E-state index is 0.0170. The number of oxazole rings is 1. The van der Waals surface area contributed by atoms with E-state index in [1.165, 1.54) is 0 Å². The van der Waals surface area contributed by atoms with Crippen molar-refractivity contribution in [1.29, 1.82) is 0 Å². The maximum Gasteiger partial charge on any atom is 0.306 e. The number of allylic oxidation sites excluding steroid dienone is 2. The molecule has 0 aliphatic heterocycles. The molecule has 2 heterocycles. The third-order valence-corrected chi connectivity index (χ3v) is 4.97. The predicted molar refractivity (Wildman–Crippen MR) is 128 cm³/mol. The molecule has 0 radical (unpaired) electrons. The van der Waals surface area contributed by atoms with Crippen LogP contribution < -0.4 is 11.1 Å². The van der Waals surface area contributed by atoms with Crippen LogP contribution in [0.25, 0.3) is 22.8 Å². The Kier molecular flexibility index (Phi) is 6.87. The minimum Gasteiger partial charge on any atom is -0.432 e. The van der Waals surface area contributed by atoms with Gasteiger partial charge in [0.05, 0.1) is 10.7 Å². The molecule has 31 heavy (non-hydrogen) atoms. The Bertz CT molecular complexity index is 1120. The average molecular weight is 441 g/mol. The molecule has 0 atom stereocenters. The van der Waals surface area contributed by atoms with E-state index in [1.807, 2.05) is 28.7 Å². The number of nitrogens with zero attached hydrogens (tertiary/aromatic N) is 4. The zero-order valence-electron chi connectivity index (χ0n) is 18.4. The van der Waals surface area contributed by atoms with Crippen molar-refractivity contribution in [2.45, 2.75) is 13.8 Å². The van der Waals surface area contributed by atoms with E-state index in [4.69, 9.17) is 21.8 Å². The number of halogens is 1. The number of aromatic nitrogens is 2. The summed E-state index contributed by atoms with van der Waals surface area (Å²) in [4.78, 5) is 11.4. The second kappa shape index (κ2) is 9.41. The van der Waals surface area contributed by atoms with Crippen molar-refractivity contribution in [3.63, 3.8) is 0 Å². The first-order valence-corrected chi connectivity index (χ1v) is 10.4. The van der Waals surface area contributed by atoms with Crippen molar-refractivity contribution in [2.24, 2.45) is 16.1 Å². The molecule has 0 saturated heterocycles.